The predicted molar refractivity (Wildman–Crippen MR) is 80.7 cm³/mol. The molecule has 0 aromatic carbocycles. The lowest BCUT2D eigenvalue weighted by atomic mass is 10.2. The minimum Gasteiger partial charge on any atom is -0.384 e. The molecule has 0 aliphatic rings. The molecule has 0 saturated carbocycles. The quantitative estimate of drug-likeness (QED) is 0.733. The number of nitrogens with one attached hydrogen (secondary N) is 2. The summed E-state index contributed by atoms with van der Waals surface area (Å²) in [5.41, 5.74) is 5.74. The van der Waals surface area contributed by atoms with E-state index in [1.165, 1.54) is 0 Å². The van der Waals surface area contributed by atoms with Crippen LogP contribution in [0.5, 0.6) is 0 Å². The van der Waals surface area contributed by atoms with Crippen LogP contribution in [0.25, 0.3) is 0 Å². The normalized spacial score (nSPS) is 11.1. The van der Waals surface area contributed by atoms with Gasteiger partial charge in [-0.3, -0.25) is 9.59 Å². The Labute approximate surface area is 124 Å². The second-order valence-corrected chi connectivity index (χ2v) is 4.33. The van der Waals surface area contributed by atoms with Crippen molar-refractivity contribution in [3.8, 4) is 0 Å². The van der Waals surface area contributed by atoms with E-state index in [-0.39, 0.29) is 48.9 Å². The first-order valence-corrected chi connectivity index (χ1v) is 6.33. The van der Waals surface area contributed by atoms with Crippen LogP contribution in [0.3, 0.4) is 0 Å². The van der Waals surface area contributed by atoms with Gasteiger partial charge in [0.1, 0.15) is 11.5 Å². The highest BCUT2D eigenvalue weighted by Crippen LogP contribution is 2.00. The van der Waals surface area contributed by atoms with Crippen LogP contribution in [0.1, 0.15) is 37.2 Å². The van der Waals surface area contributed by atoms with E-state index in [0.717, 1.165) is 6.42 Å². The molecule has 1 unspecified atom stereocenters. The second kappa shape index (κ2) is 9.14. The number of aromatic nitrogens is 1. The van der Waals surface area contributed by atoms with Crippen molar-refractivity contribution in [1.82, 2.24) is 15.6 Å². The van der Waals surface area contributed by atoms with E-state index in [0.29, 0.717) is 5.82 Å². The van der Waals surface area contributed by atoms with Crippen LogP contribution in [-0.2, 0) is 4.79 Å². The lowest BCUT2D eigenvalue weighted by Crippen LogP contribution is -2.35. The van der Waals surface area contributed by atoms with Crippen molar-refractivity contribution in [3.05, 3.63) is 23.9 Å². The van der Waals surface area contributed by atoms with E-state index in [9.17, 15) is 9.59 Å². The molecule has 1 aromatic rings. The first-order valence-electron chi connectivity index (χ1n) is 6.33. The second-order valence-electron chi connectivity index (χ2n) is 4.33. The fourth-order valence-corrected chi connectivity index (χ4v) is 1.41. The van der Waals surface area contributed by atoms with Crippen LogP contribution >= 0.6 is 12.4 Å². The Hall–Kier alpha value is -1.82. The average Bonchev–Trinajstić information content (AvgIpc) is 2.38. The van der Waals surface area contributed by atoms with Crippen molar-refractivity contribution in [2.24, 2.45) is 0 Å². The molecular weight excluding hydrogens is 280 g/mol. The number of nitrogen functional groups attached to an aromatic ring is 1. The number of nitrogens with zero attached hydrogens (tertiary/aromatic N) is 1. The van der Waals surface area contributed by atoms with Gasteiger partial charge in [0.25, 0.3) is 5.91 Å². The first kappa shape index (κ1) is 18.2. The minimum atomic E-state index is -0.330. The molecule has 1 aromatic heterocycles. The molecule has 0 radical (unpaired) electrons. The van der Waals surface area contributed by atoms with E-state index in [2.05, 4.69) is 15.6 Å². The van der Waals surface area contributed by atoms with Gasteiger partial charge in [-0.2, -0.15) is 0 Å². The number of anilines is 1. The number of amides is 2. The highest BCUT2D eigenvalue weighted by atomic mass is 35.5. The first-order chi connectivity index (χ1) is 9.02. The molecule has 0 fully saturated rings. The van der Waals surface area contributed by atoms with Crippen LogP contribution in [0, 0.1) is 0 Å². The van der Waals surface area contributed by atoms with Crippen molar-refractivity contribution < 1.29 is 9.59 Å². The largest absolute Gasteiger partial charge is 0.384 e. The summed E-state index contributed by atoms with van der Waals surface area (Å²) in [5.74, 6) is -0.110. The van der Waals surface area contributed by atoms with Crippen LogP contribution < -0.4 is 16.4 Å². The zero-order valence-corrected chi connectivity index (χ0v) is 12.5. The zero-order chi connectivity index (χ0) is 14.3. The Kier molecular flexibility index (Phi) is 8.31. The van der Waals surface area contributed by atoms with Gasteiger partial charge >= 0.3 is 0 Å². The van der Waals surface area contributed by atoms with Crippen LogP contribution in [0.15, 0.2) is 18.2 Å². The van der Waals surface area contributed by atoms with E-state index in [4.69, 9.17) is 5.73 Å². The molecule has 2 amide bonds. The summed E-state index contributed by atoms with van der Waals surface area (Å²) in [5, 5.41) is 5.46. The van der Waals surface area contributed by atoms with Gasteiger partial charge in [0, 0.05) is 19.0 Å². The predicted octanol–water partition coefficient (Wildman–Crippen LogP) is 1.12. The summed E-state index contributed by atoms with van der Waals surface area (Å²) in [6, 6.07) is 4.99. The van der Waals surface area contributed by atoms with E-state index in [1.807, 2.05) is 13.8 Å². The van der Waals surface area contributed by atoms with E-state index < -0.39 is 0 Å². The van der Waals surface area contributed by atoms with E-state index in [1.54, 1.807) is 18.2 Å². The molecule has 112 valence electrons. The molecule has 0 bridgehead atoms. The monoisotopic (exact) mass is 300 g/mol. The van der Waals surface area contributed by atoms with Gasteiger partial charge in [-0.15, -0.1) is 12.4 Å². The third-order valence-corrected chi connectivity index (χ3v) is 2.66. The molecule has 1 atom stereocenters. The smallest absolute Gasteiger partial charge is 0.269 e. The van der Waals surface area contributed by atoms with Gasteiger partial charge in [-0.05, 0) is 25.5 Å². The number of hydrogen-bond acceptors (Lipinski definition) is 4. The van der Waals surface area contributed by atoms with Gasteiger partial charge in [0.05, 0.1) is 0 Å². The molecule has 0 aliphatic carbocycles. The van der Waals surface area contributed by atoms with Crippen LogP contribution in [0.2, 0.25) is 0 Å². The molecule has 1 heterocycles. The van der Waals surface area contributed by atoms with Gasteiger partial charge < -0.3 is 16.4 Å². The van der Waals surface area contributed by atoms with Gasteiger partial charge in [0.2, 0.25) is 5.91 Å². The average molecular weight is 301 g/mol. The number of nitrogens with two attached hydrogens (primary N) is 1. The maximum atomic E-state index is 11.7. The molecule has 0 aliphatic heterocycles. The van der Waals surface area contributed by atoms with Crippen molar-refractivity contribution >= 4 is 30.0 Å². The molecule has 0 spiro atoms. The summed E-state index contributed by atoms with van der Waals surface area (Å²) in [6.45, 7) is 4.21. The number of pyridine rings is 1. The Morgan fingerprint density at radius 1 is 1.40 bits per heavy atom. The zero-order valence-electron chi connectivity index (χ0n) is 11.7. The highest BCUT2D eigenvalue weighted by Gasteiger charge is 2.09. The number of hydrogen-bond donors (Lipinski definition) is 3. The lowest BCUT2D eigenvalue weighted by molar-refractivity contribution is -0.121. The fraction of sp³-hybridized carbons (Fsp3) is 0.462. The topological polar surface area (TPSA) is 97.1 Å². The Bertz CT molecular complexity index is 454. The SMILES string of the molecule is CCC(C)NC(=O)CCNC(=O)c1cccc(N)n1.Cl. The third-order valence-electron chi connectivity index (χ3n) is 2.66. The number of halogens is 1. The minimum absolute atomic E-state index is 0. The third kappa shape index (κ3) is 6.38. The molecular formula is C13H21ClN4O2. The number of carbonyl (C=O) groups is 2. The summed E-state index contributed by atoms with van der Waals surface area (Å²) in [6.07, 6.45) is 1.13. The molecule has 20 heavy (non-hydrogen) atoms. The summed E-state index contributed by atoms with van der Waals surface area (Å²) >= 11 is 0. The number of rotatable bonds is 6. The Morgan fingerprint density at radius 2 is 2.10 bits per heavy atom. The van der Waals surface area contributed by atoms with Crippen molar-refractivity contribution in [2.45, 2.75) is 32.7 Å². The van der Waals surface area contributed by atoms with Crippen molar-refractivity contribution in [3.63, 3.8) is 0 Å². The maximum Gasteiger partial charge on any atom is 0.269 e. The van der Waals surface area contributed by atoms with E-state index >= 15 is 0 Å². The highest BCUT2D eigenvalue weighted by molar-refractivity contribution is 5.92. The molecule has 6 nitrogen and oxygen atoms in total. The molecule has 7 heteroatoms. The van der Waals surface area contributed by atoms with Gasteiger partial charge in [0.15, 0.2) is 0 Å². The molecule has 4 N–H and O–H groups in total. The maximum absolute atomic E-state index is 11.7. The van der Waals surface area contributed by atoms with Crippen LogP contribution in [-0.4, -0.2) is 29.4 Å². The van der Waals surface area contributed by atoms with Crippen LogP contribution in [0.4, 0.5) is 5.82 Å². The summed E-state index contributed by atoms with van der Waals surface area (Å²) in [4.78, 5) is 27.1. The Morgan fingerprint density at radius 3 is 2.70 bits per heavy atom. The van der Waals surface area contributed by atoms with Crippen molar-refractivity contribution in [1.29, 1.82) is 0 Å². The Balaban J connectivity index is 0.00000361. The standard InChI is InChI=1S/C13H20N4O2.ClH/c1-3-9(2)16-12(18)7-8-15-13(19)10-5-4-6-11(14)17-10;/h4-6,9H,3,7-8H2,1-2H3,(H2,14,17)(H,15,19)(H,16,18);1H. The summed E-state index contributed by atoms with van der Waals surface area (Å²) in [7, 11) is 0. The molecule has 0 saturated heterocycles. The number of carbonyl (C=O) groups excluding carboxylic acids is 2. The van der Waals surface area contributed by atoms with Crippen molar-refractivity contribution in [2.75, 3.05) is 12.3 Å². The lowest BCUT2D eigenvalue weighted by Gasteiger charge is -2.11. The summed E-state index contributed by atoms with van der Waals surface area (Å²) < 4.78 is 0. The molecule has 1 rings (SSSR count). The van der Waals surface area contributed by atoms with Gasteiger partial charge in [-0.25, -0.2) is 4.98 Å². The fourth-order valence-electron chi connectivity index (χ4n) is 1.41. The van der Waals surface area contributed by atoms with Gasteiger partial charge in [-0.1, -0.05) is 13.0 Å².